The Labute approximate surface area is 128 Å². The zero-order valence-electron chi connectivity index (χ0n) is 12.6. The molecule has 2 rings (SSSR count). The van der Waals surface area contributed by atoms with Crippen LogP contribution in [0.4, 0.5) is 5.82 Å². The second-order valence-electron chi connectivity index (χ2n) is 5.16. The second-order valence-corrected chi connectivity index (χ2v) is 6.39. The first-order valence-electron chi connectivity index (χ1n) is 6.92. The van der Waals surface area contributed by atoms with Gasteiger partial charge in [0.25, 0.3) is 0 Å². The normalized spacial score (nSPS) is 11.0. The van der Waals surface area contributed by atoms with Crippen LogP contribution in [0.3, 0.4) is 0 Å². The van der Waals surface area contributed by atoms with E-state index in [-0.39, 0.29) is 12.5 Å². The van der Waals surface area contributed by atoms with Crippen molar-refractivity contribution < 1.29 is 4.79 Å². The van der Waals surface area contributed by atoms with Crippen LogP contribution in [0.5, 0.6) is 0 Å². The quantitative estimate of drug-likeness (QED) is 0.758. The number of aryl methyl sites for hydroxylation is 1. The molecule has 2 N–H and O–H groups in total. The van der Waals surface area contributed by atoms with Gasteiger partial charge in [-0.1, -0.05) is 0 Å². The minimum absolute atomic E-state index is 0.0209. The predicted octanol–water partition coefficient (Wildman–Crippen LogP) is 1.48. The fourth-order valence-corrected chi connectivity index (χ4v) is 2.81. The van der Waals surface area contributed by atoms with Gasteiger partial charge in [-0.3, -0.25) is 4.79 Å². The zero-order chi connectivity index (χ0) is 15.2. The first-order valence-corrected chi connectivity index (χ1v) is 7.74. The Morgan fingerprint density at radius 2 is 2.19 bits per heavy atom. The van der Waals surface area contributed by atoms with Crippen molar-refractivity contribution in [3.63, 3.8) is 0 Å². The third kappa shape index (κ3) is 4.64. The fraction of sp³-hybridized carbons (Fsp3) is 0.500. The summed E-state index contributed by atoms with van der Waals surface area (Å²) >= 11 is 1.62. The standard InChI is InChI=1S/C14H21N5OS/c1-10-7-11-13(17-9-18-14(11)21-10)16-8-12(20)15-5-4-6-19(2)3/h7,9H,4-6,8H2,1-3H3,(H,15,20)(H,16,17,18). The SMILES string of the molecule is Cc1cc2c(NCC(=O)NCCCN(C)C)ncnc2s1. The maximum atomic E-state index is 11.8. The number of thiophene rings is 1. The molecule has 0 aliphatic heterocycles. The Bertz CT molecular complexity index is 610. The number of carbonyl (C=O) groups is 1. The molecule has 0 saturated heterocycles. The molecule has 21 heavy (non-hydrogen) atoms. The topological polar surface area (TPSA) is 70.2 Å². The molecule has 0 spiro atoms. The lowest BCUT2D eigenvalue weighted by Crippen LogP contribution is -2.32. The largest absolute Gasteiger partial charge is 0.360 e. The van der Waals surface area contributed by atoms with E-state index >= 15 is 0 Å². The molecule has 1 amide bonds. The summed E-state index contributed by atoms with van der Waals surface area (Å²) in [6.45, 7) is 3.92. The van der Waals surface area contributed by atoms with Crippen molar-refractivity contribution in [1.82, 2.24) is 20.2 Å². The lowest BCUT2D eigenvalue weighted by Gasteiger charge is -2.10. The van der Waals surface area contributed by atoms with Gasteiger partial charge in [0.1, 0.15) is 17.0 Å². The number of hydrogen-bond acceptors (Lipinski definition) is 6. The number of nitrogens with one attached hydrogen (secondary N) is 2. The van der Waals surface area contributed by atoms with Crippen LogP contribution in [0.25, 0.3) is 10.2 Å². The molecule has 2 heterocycles. The molecule has 114 valence electrons. The van der Waals surface area contributed by atoms with Gasteiger partial charge in [-0.25, -0.2) is 9.97 Å². The lowest BCUT2D eigenvalue weighted by molar-refractivity contribution is -0.119. The number of carbonyl (C=O) groups excluding carboxylic acids is 1. The maximum absolute atomic E-state index is 11.8. The Kier molecular flexibility index (Phi) is 5.46. The Morgan fingerprint density at radius 3 is 2.95 bits per heavy atom. The summed E-state index contributed by atoms with van der Waals surface area (Å²) in [6.07, 6.45) is 2.47. The number of fused-ring (bicyclic) bond motifs is 1. The van der Waals surface area contributed by atoms with Gasteiger partial charge in [0, 0.05) is 11.4 Å². The monoisotopic (exact) mass is 307 g/mol. The van der Waals surface area contributed by atoms with Crippen LogP contribution < -0.4 is 10.6 Å². The lowest BCUT2D eigenvalue weighted by atomic mass is 10.3. The summed E-state index contributed by atoms with van der Waals surface area (Å²) in [5, 5.41) is 6.95. The van der Waals surface area contributed by atoms with Crippen LogP contribution in [0.15, 0.2) is 12.4 Å². The third-order valence-corrected chi connectivity index (χ3v) is 3.93. The molecule has 0 fully saturated rings. The van der Waals surface area contributed by atoms with Gasteiger partial charge in [-0.05, 0) is 40.1 Å². The van der Waals surface area contributed by atoms with Gasteiger partial charge in [-0.15, -0.1) is 11.3 Å². The molecular weight excluding hydrogens is 286 g/mol. The first kappa shape index (κ1) is 15.7. The van der Waals surface area contributed by atoms with Crippen molar-refractivity contribution in [3.8, 4) is 0 Å². The van der Waals surface area contributed by atoms with Gasteiger partial charge < -0.3 is 15.5 Å². The minimum atomic E-state index is -0.0209. The van der Waals surface area contributed by atoms with Crippen molar-refractivity contribution in [2.24, 2.45) is 0 Å². The van der Waals surface area contributed by atoms with E-state index in [0.717, 1.165) is 23.2 Å². The molecule has 0 aromatic carbocycles. The average Bonchev–Trinajstić information content (AvgIpc) is 2.81. The highest BCUT2D eigenvalue weighted by atomic mass is 32.1. The number of anilines is 1. The van der Waals surface area contributed by atoms with Crippen LogP contribution in [0.1, 0.15) is 11.3 Å². The molecule has 7 heteroatoms. The molecule has 0 aliphatic rings. The Balaban J connectivity index is 1.83. The van der Waals surface area contributed by atoms with E-state index in [1.165, 1.54) is 11.2 Å². The molecule has 0 aliphatic carbocycles. The number of rotatable bonds is 7. The van der Waals surface area contributed by atoms with E-state index < -0.39 is 0 Å². The molecule has 0 bridgehead atoms. The van der Waals surface area contributed by atoms with E-state index in [4.69, 9.17) is 0 Å². The van der Waals surface area contributed by atoms with Gasteiger partial charge >= 0.3 is 0 Å². The van der Waals surface area contributed by atoms with Gasteiger partial charge in [0.05, 0.1) is 11.9 Å². The molecule has 0 atom stereocenters. The zero-order valence-corrected chi connectivity index (χ0v) is 13.5. The summed E-state index contributed by atoms with van der Waals surface area (Å²) < 4.78 is 0. The van der Waals surface area contributed by atoms with Crippen molar-refractivity contribution in [3.05, 3.63) is 17.3 Å². The summed E-state index contributed by atoms with van der Waals surface area (Å²) in [6, 6.07) is 2.04. The maximum Gasteiger partial charge on any atom is 0.239 e. The highest BCUT2D eigenvalue weighted by molar-refractivity contribution is 7.18. The molecule has 2 aromatic rings. The molecule has 0 unspecified atom stereocenters. The van der Waals surface area contributed by atoms with Crippen LogP contribution in [-0.2, 0) is 4.79 Å². The van der Waals surface area contributed by atoms with Gasteiger partial charge in [0.15, 0.2) is 0 Å². The molecule has 0 saturated carbocycles. The smallest absolute Gasteiger partial charge is 0.239 e. The number of nitrogens with zero attached hydrogens (tertiary/aromatic N) is 3. The second kappa shape index (κ2) is 7.33. The van der Waals surface area contributed by atoms with E-state index in [1.807, 2.05) is 27.1 Å². The van der Waals surface area contributed by atoms with Crippen molar-refractivity contribution in [2.75, 3.05) is 39.0 Å². The van der Waals surface area contributed by atoms with Crippen LogP contribution in [-0.4, -0.2) is 54.5 Å². The fourth-order valence-electron chi connectivity index (χ4n) is 1.97. The van der Waals surface area contributed by atoms with Gasteiger partial charge in [-0.2, -0.15) is 0 Å². The summed E-state index contributed by atoms with van der Waals surface area (Å²) in [4.78, 5) is 24.4. The average molecular weight is 307 g/mol. The molecular formula is C14H21N5OS. The summed E-state index contributed by atoms with van der Waals surface area (Å²) in [5.74, 6) is 0.695. The van der Waals surface area contributed by atoms with E-state index in [9.17, 15) is 4.79 Å². The van der Waals surface area contributed by atoms with Crippen molar-refractivity contribution in [1.29, 1.82) is 0 Å². The van der Waals surface area contributed by atoms with Gasteiger partial charge in [0.2, 0.25) is 5.91 Å². The van der Waals surface area contributed by atoms with Crippen molar-refractivity contribution in [2.45, 2.75) is 13.3 Å². The summed E-state index contributed by atoms with van der Waals surface area (Å²) in [7, 11) is 4.04. The molecule has 0 radical (unpaired) electrons. The first-order chi connectivity index (χ1) is 10.1. The number of aromatic nitrogens is 2. The number of hydrogen-bond donors (Lipinski definition) is 2. The highest BCUT2D eigenvalue weighted by Gasteiger charge is 2.08. The molecule has 2 aromatic heterocycles. The van der Waals surface area contributed by atoms with Crippen molar-refractivity contribution >= 4 is 33.3 Å². The van der Waals surface area contributed by atoms with E-state index in [1.54, 1.807) is 11.3 Å². The van der Waals surface area contributed by atoms with Crippen LogP contribution in [0.2, 0.25) is 0 Å². The Morgan fingerprint density at radius 1 is 1.38 bits per heavy atom. The molecule has 6 nitrogen and oxygen atoms in total. The summed E-state index contributed by atoms with van der Waals surface area (Å²) in [5.41, 5.74) is 0. The third-order valence-electron chi connectivity index (χ3n) is 2.97. The van der Waals surface area contributed by atoms with Crippen LogP contribution in [0, 0.1) is 6.92 Å². The van der Waals surface area contributed by atoms with Crippen LogP contribution >= 0.6 is 11.3 Å². The number of amides is 1. The highest BCUT2D eigenvalue weighted by Crippen LogP contribution is 2.27. The predicted molar refractivity (Wildman–Crippen MR) is 86.8 cm³/mol. The van der Waals surface area contributed by atoms with E-state index in [0.29, 0.717) is 12.4 Å². The Hall–Kier alpha value is -1.73. The minimum Gasteiger partial charge on any atom is -0.360 e. The van der Waals surface area contributed by atoms with E-state index in [2.05, 4.69) is 25.5 Å².